The minimum atomic E-state index is -4.60. The van der Waals surface area contributed by atoms with Gasteiger partial charge in [-0.25, -0.2) is 0 Å². The van der Waals surface area contributed by atoms with Gasteiger partial charge in [0.25, 0.3) is 0 Å². The third-order valence-electron chi connectivity index (χ3n) is 1.90. The molecule has 0 aliphatic carbocycles. The van der Waals surface area contributed by atoms with E-state index in [1.807, 2.05) is 5.32 Å². The molecule has 0 spiro atoms. The number of aromatic amines is 1. The molecule has 0 fully saturated rings. The summed E-state index contributed by atoms with van der Waals surface area (Å²) in [5.41, 5.74) is -1.13. The van der Waals surface area contributed by atoms with Crippen LogP contribution in [0.2, 0.25) is 0 Å². The van der Waals surface area contributed by atoms with Crippen LogP contribution in [-0.2, 0) is 15.8 Å². The molecule has 0 aliphatic rings. The average molecular weight is 251 g/mol. The minimum Gasteiger partial charge on any atom is -0.481 e. The molecule has 9 heteroatoms. The van der Waals surface area contributed by atoms with Gasteiger partial charge in [0.05, 0.1) is 0 Å². The number of rotatable bonds is 3. The second kappa shape index (κ2) is 4.44. The molecule has 1 aromatic rings. The summed E-state index contributed by atoms with van der Waals surface area (Å²) in [5.74, 6) is -4.08. The van der Waals surface area contributed by atoms with Gasteiger partial charge in [-0.1, -0.05) is 0 Å². The lowest BCUT2D eigenvalue weighted by Gasteiger charge is -2.04. The summed E-state index contributed by atoms with van der Waals surface area (Å²) in [6.45, 7) is 1.11. The zero-order valence-corrected chi connectivity index (χ0v) is 8.50. The quantitative estimate of drug-likeness (QED) is 0.700. The van der Waals surface area contributed by atoms with Gasteiger partial charge in [0.1, 0.15) is 11.6 Å². The number of alkyl halides is 3. The second-order valence-corrected chi connectivity index (χ2v) is 3.21. The number of carboxylic acids is 1. The molecular weight excluding hydrogens is 243 g/mol. The maximum atomic E-state index is 12.1. The van der Waals surface area contributed by atoms with E-state index in [2.05, 4.69) is 5.10 Å². The monoisotopic (exact) mass is 251 g/mol. The number of carbonyl (C=O) groups excluding carboxylic acids is 1. The summed E-state index contributed by atoms with van der Waals surface area (Å²) in [5, 5.41) is 15.3. The number of anilines is 1. The molecule has 0 bridgehead atoms. The van der Waals surface area contributed by atoms with E-state index >= 15 is 0 Å². The molecule has 6 nitrogen and oxygen atoms in total. The van der Waals surface area contributed by atoms with Crippen molar-refractivity contribution in [1.29, 1.82) is 0 Å². The normalized spacial score (nSPS) is 13.2. The van der Waals surface area contributed by atoms with E-state index < -0.39 is 29.7 Å². The van der Waals surface area contributed by atoms with Crippen LogP contribution < -0.4 is 5.32 Å². The Morgan fingerprint density at radius 1 is 1.53 bits per heavy atom. The number of hydrogen-bond acceptors (Lipinski definition) is 3. The zero-order chi connectivity index (χ0) is 13.2. The molecule has 17 heavy (non-hydrogen) atoms. The summed E-state index contributed by atoms with van der Waals surface area (Å²) in [6.07, 6.45) is -4.60. The second-order valence-electron chi connectivity index (χ2n) is 3.21. The number of amides is 1. The van der Waals surface area contributed by atoms with Crippen LogP contribution in [0.25, 0.3) is 0 Å². The highest BCUT2D eigenvalue weighted by molar-refractivity contribution is 6.03. The third kappa shape index (κ3) is 3.20. The van der Waals surface area contributed by atoms with Crippen LogP contribution in [0.15, 0.2) is 6.07 Å². The van der Waals surface area contributed by atoms with Crippen LogP contribution in [0.5, 0.6) is 0 Å². The lowest BCUT2D eigenvalue weighted by atomic mass is 10.2. The van der Waals surface area contributed by atoms with Gasteiger partial charge < -0.3 is 10.4 Å². The topological polar surface area (TPSA) is 95.1 Å². The van der Waals surface area contributed by atoms with E-state index in [1.54, 1.807) is 5.10 Å². The Labute approximate surface area is 92.8 Å². The van der Waals surface area contributed by atoms with Crippen LogP contribution in [0.3, 0.4) is 0 Å². The lowest BCUT2D eigenvalue weighted by molar-refractivity contribution is -0.145. The van der Waals surface area contributed by atoms with E-state index in [4.69, 9.17) is 5.11 Å². The van der Waals surface area contributed by atoms with Gasteiger partial charge in [0.15, 0.2) is 5.82 Å². The Bertz CT molecular complexity index is 441. The van der Waals surface area contributed by atoms with Crippen molar-refractivity contribution in [2.75, 3.05) is 5.32 Å². The maximum Gasteiger partial charge on any atom is 0.432 e. The molecule has 0 aliphatic heterocycles. The first-order chi connectivity index (χ1) is 7.71. The van der Waals surface area contributed by atoms with Crippen molar-refractivity contribution in [3.63, 3.8) is 0 Å². The number of carboxylic acid groups (broad SMARTS) is 1. The number of carbonyl (C=O) groups is 2. The van der Waals surface area contributed by atoms with Crippen LogP contribution in [-0.4, -0.2) is 27.2 Å². The largest absolute Gasteiger partial charge is 0.481 e. The van der Waals surface area contributed by atoms with Crippen LogP contribution in [0.4, 0.5) is 19.0 Å². The average Bonchev–Trinajstić information content (AvgIpc) is 2.64. The zero-order valence-electron chi connectivity index (χ0n) is 8.50. The number of hydrogen-bond donors (Lipinski definition) is 3. The molecule has 1 aromatic heterocycles. The highest BCUT2D eigenvalue weighted by Gasteiger charge is 2.33. The Kier molecular flexibility index (Phi) is 3.39. The molecule has 1 unspecified atom stereocenters. The van der Waals surface area contributed by atoms with E-state index in [0.717, 1.165) is 6.92 Å². The van der Waals surface area contributed by atoms with Crippen molar-refractivity contribution < 1.29 is 27.9 Å². The van der Waals surface area contributed by atoms with Crippen LogP contribution >= 0.6 is 0 Å². The Morgan fingerprint density at radius 2 is 2.12 bits per heavy atom. The Hall–Kier alpha value is -2.06. The fraction of sp³-hybridized carbons (Fsp3) is 0.375. The Balaban J connectivity index is 2.74. The summed E-state index contributed by atoms with van der Waals surface area (Å²) in [4.78, 5) is 21.6. The molecule has 0 aromatic carbocycles. The summed E-state index contributed by atoms with van der Waals surface area (Å²) >= 11 is 0. The summed E-state index contributed by atoms with van der Waals surface area (Å²) in [7, 11) is 0. The van der Waals surface area contributed by atoms with E-state index in [9.17, 15) is 22.8 Å². The van der Waals surface area contributed by atoms with Gasteiger partial charge in [0, 0.05) is 6.07 Å². The molecule has 94 valence electrons. The number of halogens is 3. The van der Waals surface area contributed by atoms with Gasteiger partial charge in [-0.05, 0) is 6.92 Å². The first kappa shape index (κ1) is 13.0. The summed E-state index contributed by atoms with van der Waals surface area (Å²) in [6, 6.07) is 0.576. The van der Waals surface area contributed by atoms with Crippen molar-refractivity contribution in [3.8, 4) is 0 Å². The van der Waals surface area contributed by atoms with Gasteiger partial charge >= 0.3 is 12.1 Å². The summed E-state index contributed by atoms with van der Waals surface area (Å²) < 4.78 is 36.4. The fourth-order valence-corrected chi connectivity index (χ4v) is 0.878. The molecule has 0 saturated carbocycles. The number of aromatic nitrogens is 2. The third-order valence-corrected chi connectivity index (χ3v) is 1.90. The number of nitrogens with one attached hydrogen (secondary N) is 2. The highest BCUT2D eigenvalue weighted by atomic mass is 19.4. The predicted octanol–water partition coefficient (Wildman–Crippen LogP) is 1.09. The van der Waals surface area contributed by atoms with Gasteiger partial charge in [-0.2, -0.15) is 18.3 Å². The standard InChI is InChI=1S/C8H8F3N3O3/c1-3(7(16)17)6(15)12-5-2-4(13-14-5)8(9,10)11/h2-3H,1H3,(H,16,17)(H2,12,13,14,15). The molecule has 1 rings (SSSR count). The minimum absolute atomic E-state index is 0.379. The first-order valence-electron chi connectivity index (χ1n) is 4.38. The van der Waals surface area contributed by atoms with Gasteiger partial charge in [-0.15, -0.1) is 0 Å². The molecule has 3 N–H and O–H groups in total. The first-order valence-corrected chi connectivity index (χ1v) is 4.38. The molecule has 0 radical (unpaired) electrons. The van der Waals surface area contributed by atoms with Crippen molar-refractivity contribution in [3.05, 3.63) is 11.8 Å². The van der Waals surface area contributed by atoms with E-state index in [-0.39, 0.29) is 5.82 Å². The SMILES string of the molecule is CC(C(=O)O)C(=O)Nc1cc(C(F)(F)F)[nH]n1. The molecule has 1 atom stereocenters. The van der Waals surface area contributed by atoms with E-state index in [1.165, 1.54) is 0 Å². The van der Waals surface area contributed by atoms with Gasteiger partial charge in [-0.3, -0.25) is 14.7 Å². The highest BCUT2D eigenvalue weighted by Crippen LogP contribution is 2.28. The van der Waals surface area contributed by atoms with Crippen LogP contribution in [0, 0.1) is 5.92 Å². The Morgan fingerprint density at radius 3 is 2.53 bits per heavy atom. The van der Waals surface area contributed by atoms with Crippen molar-refractivity contribution in [2.45, 2.75) is 13.1 Å². The van der Waals surface area contributed by atoms with Crippen molar-refractivity contribution >= 4 is 17.7 Å². The number of H-pyrrole nitrogens is 1. The molecule has 1 heterocycles. The number of aliphatic carboxylic acids is 1. The predicted molar refractivity (Wildman–Crippen MR) is 49.0 cm³/mol. The van der Waals surface area contributed by atoms with Gasteiger partial charge in [0.2, 0.25) is 5.91 Å². The molecular formula is C8H8F3N3O3. The fourth-order valence-electron chi connectivity index (χ4n) is 0.878. The number of nitrogens with zero attached hydrogens (tertiary/aromatic N) is 1. The van der Waals surface area contributed by atoms with Crippen molar-refractivity contribution in [1.82, 2.24) is 10.2 Å². The van der Waals surface area contributed by atoms with E-state index in [0.29, 0.717) is 6.07 Å². The smallest absolute Gasteiger partial charge is 0.432 e. The van der Waals surface area contributed by atoms with Crippen molar-refractivity contribution in [2.24, 2.45) is 5.92 Å². The molecule has 0 saturated heterocycles. The maximum absolute atomic E-state index is 12.1. The van der Waals surface area contributed by atoms with Crippen LogP contribution in [0.1, 0.15) is 12.6 Å². The lowest BCUT2D eigenvalue weighted by Crippen LogP contribution is -2.27. The molecule has 1 amide bonds.